The normalized spacial score (nSPS) is 15.8. The summed E-state index contributed by atoms with van der Waals surface area (Å²) < 4.78 is 5.35. The minimum absolute atomic E-state index is 0.0573. The number of ether oxygens (including phenoxy) is 1. The second kappa shape index (κ2) is 10.3. The predicted molar refractivity (Wildman–Crippen MR) is 125 cm³/mol. The van der Waals surface area contributed by atoms with Gasteiger partial charge in [0.25, 0.3) is 0 Å². The van der Waals surface area contributed by atoms with E-state index in [0.29, 0.717) is 12.2 Å². The summed E-state index contributed by atoms with van der Waals surface area (Å²) in [5.41, 5.74) is 9.61. The van der Waals surface area contributed by atoms with Crippen molar-refractivity contribution >= 4 is 23.3 Å². The smallest absolute Gasteiger partial charge is 0.337 e. The van der Waals surface area contributed by atoms with Crippen molar-refractivity contribution in [3.05, 3.63) is 84.2 Å². The molecule has 2 aromatic carbocycles. The van der Waals surface area contributed by atoms with Gasteiger partial charge in [-0.15, -0.1) is 0 Å². The summed E-state index contributed by atoms with van der Waals surface area (Å²) in [6.45, 7) is -0.673. The number of nitrogens with zero attached hydrogens (tertiary/aromatic N) is 2. The van der Waals surface area contributed by atoms with E-state index in [-0.39, 0.29) is 5.92 Å². The van der Waals surface area contributed by atoms with Crippen LogP contribution in [0, 0.1) is 0 Å². The highest BCUT2D eigenvalue weighted by Crippen LogP contribution is 2.41. The second-order valence-electron chi connectivity index (χ2n) is 8.12. The molecule has 1 aromatic heterocycles. The Hall–Kier alpha value is -3.71. The number of aromatic nitrogens is 1. The van der Waals surface area contributed by atoms with Gasteiger partial charge in [-0.25, -0.2) is 4.79 Å². The summed E-state index contributed by atoms with van der Waals surface area (Å²) in [5, 5.41) is 9.07. The Morgan fingerprint density at radius 2 is 1.88 bits per heavy atom. The van der Waals surface area contributed by atoms with E-state index in [2.05, 4.69) is 4.98 Å². The lowest BCUT2D eigenvalue weighted by atomic mass is 9.78. The number of hydrogen-bond donors (Lipinski definition) is 2. The first-order valence-electron chi connectivity index (χ1n) is 11.1. The standard InChI is InChI=1S/C26H27N3O4/c27-26(32)23(29(19-8-2-1-3-9-19)20-10-6-14-28-16-20)15-18-7-4-12-22-21(18)11-5-13-24(22)33-25(31)17-30/h1-3,5-6,8-11,13-14,16,18,23,30H,4,7,12,15,17H2,(H2,27,32). The fourth-order valence-electron chi connectivity index (χ4n) is 4.62. The van der Waals surface area contributed by atoms with E-state index >= 15 is 0 Å². The van der Waals surface area contributed by atoms with E-state index in [1.807, 2.05) is 59.5 Å². The zero-order valence-corrected chi connectivity index (χ0v) is 18.3. The third-order valence-corrected chi connectivity index (χ3v) is 6.05. The van der Waals surface area contributed by atoms with E-state index in [1.165, 1.54) is 0 Å². The number of fused-ring (bicyclic) bond motifs is 1. The lowest BCUT2D eigenvalue weighted by molar-refractivity contribution is -0.137. The molecular formula is C26H27N3O4. The number of carbonyl (C=O) groups excluding carboxylic acids is 2. The molecule has 7 nitrogen and oxygen atoms in total. The van der Waals surface area contributed by atoms with Gasteiger partial charge in [-0.2, -0.15) is 0 Å². The highest BCUT2D eigenvalue weighted by atomic mass is 16.5. The number of para-hydroxylation sites is 1. The highest BCUT2D eigenvalue weighted by Gasteiger charge is 2.32. The predicted octanol–water partition coefficient (Wildman–Crippen LogP) is 3.48. The largest absolute Gasteiger partial charge is 0.425 e. The monoisotopic (exact) mass is 445 g/mol. The van der Waals surface area contributed by atoms with Gasteiger partial charge >= 0.3 is 5.97 Å². The van der Waals surface area contributed by atoms with Crippen LogP contribution in [0.5, 0.6) is 5.75 Å². The molecule has 4 rings (SSSR count). The average molecular weight is 446 g/mol. The SMILES string of the molecule is NC(=O)C(CC1CCCc2c(OC(=O)CO)cccc21)N(c1ccccc1)c1cccnc1. The van der Waals surface area contributed by atoms with Crippen LogP contribution in [0.25, 0.3) is 0 Å². The quantitative estimate of drug-likeness (QED) is 0.406. The van der Waals surface area contributed by atoms with Crippen LogP contribution in [0.4, 0.5) is 11.4 Å². The molecule has 1 aliphatic carbocycles. The number of esters is 1. The molecular weight excluding hydrogens is 418 g/mol. The third-order valence-electron chi connectivity index (χ3n) is 6.05. The van der Waals surface area contributed by atoms with Crippen LogP contribution >= 0.6 is 0 Å². The summed E-state index contributed by atoms with van der Waals surface area (Å²) >= 11 is 0. The lowest BCUT2D eigenvalue weighted by Gasteiger charge is -2.35. The summed E-state index contributed by atoms with van der Waals surface area (Å²) in [6.07, 6.45) is 6.48. The molecule has 0 bridgehead atoms. The molecule has 3 N–H and O–H groups in total. The van der Waals surface area contributed by atoms with Crippen molar-refractivity contribution in [1.82, 2.24) is 4.98 Å². The Morgan fingerprint density at radius 3 is 2.58 bits per heavy atom. The van der Waals surface area contributed by atoms with Crippen molar-refractivity contribution in [2.75, 3.05) is 11.5 Å². The van der Waals surface area contributed by atoms with Crippen LogP contribution in [0.15, 0.2) is 73.1 Å². The van der Waals surface area contributed by atoms with Crippen molar-refractivity contribution < 1.29 is 19.4 Å². The van der Waals surface area contributed by atoms with Gasteiger partial charge in [-0.05, 0) is 73.1 Å². The van der Waals surface area contributed by atoms with Gasteiger partial charge in [0.1, 0.15) is 18.4 Å². The van der Waals surface area contributed by atoms with Gasteiger partial charge in [0.05, 0.1) is 11.9 Å². The van der Waals surface area contributed by atoms with Crippen molar-refractivity contribution in [3.63, 3.8) is 0 Å². The first-order chi connectivity index (χ1) is 16.1. The Balaban J connectivity index is 1.70. The van der Waals surface area contributed by atoms with Crippen molar-refractivity contribution in [2.45, 2.75) is 37.6 Å². The number of anilines is 2. The van der Waals surface area contributed by atoms with Crippen LogP contribution in [0.1, 0.15) is 36.3 Å². The molecule has 1 amide bonds. The Morgan fingerprint density at radius 1 is 1.09 bits per heavy atom. The van der Waals surface area contributed by atoms with E-state index < -0.39 is 24.5 Å². The number of hydrogen-bond acceptors (Lipinski definition) is 6. The molecule has 3 aromatic rings. The molecule has 1 aliphatic rings. The van der Waals surface area contributed by atoms with Gasteiger partial charge in [-0.1, -0.05) is 30.3 Å². The second-order valence-corrected chi connectivity index (χ2v) is 8.12. The van der Waals surface area contributed by atoms with E-state index in [9.17, 15) is 9.59 Å². The summed E-state index contributed by atoms with van der Waals surface area (Å²) in [5.74, 6) is -0.578. The number of aliphatic hydroxyl groups excluding tert-OH is 1. The minimum atomic E-state index is -0.688. The fourth-order valence-corrected chi connectivity index (χ4v) is 4.62. The first kappa shape index (κ1) is 22.5. The van der Waals surface area contributed by atoms with E-state index in [1.54, 1.807) is 18.5 Å². The maximum absolute atomic E-state index is 12.8. The number of benzene rings is 2. The molecule has 7 heteroatoms. The topological polar surface area (TPSA) is 106 Å². The maximum Gasteiger partial charge on any atom is 0.337 e. The Bertz CT molecular complexity index is 1070. The number of aliphatic hydroxyl groups is 1. The number of amides is 1. The number of nitrogens with two attached hydrogens (primary N) is 1. The Kier molecular flexibility index (Phi) is 7.00. The molecule has 0 saturated carbocycles. The van der Waals surface area contributed by atoms with Gasteiger partial charge in [0, 0.05) is 11.9 Å². The average Bonchev–Trinajstić information content (AvgIpc) is 2.85. The zero-order chi connectivity index (χ0) is 23.2. The zero-order valence-electron chi connectivity index (χ0n) is 18.3. The fraction of sp³-hybridized carbons (Fsp3) is 0.269. The van der Waals surface area contributed by atoms with Crippen LogP contribution in [0.3, 0.4) is 0 Å². The first-order valence-corrected chi connectivity index (χ1v) is 11.1. The molecule has 1 heterocycles. The van der Waals surface area contributed by atoms with E-state index in [4.69, 9.17) is 15.6 Å². The van der Waals surface area contributed by atoms with Crippen molar-refractivity contribution in [3.8, 4) is 5.75 Å². The van der Waals surface area contributed by atoms with Crippen LogP contribution in [-0.2, 0) is 16.0 Å². The van der Waals surface area contributed by atoms with Crippen LogP contribution < -0.4 is 15.4 Å². The molecule has 0 radical (unpaired) electrons. The summed E-state index contributed by atoms with van der Waals surface area (Å²) in [7, 11) is 0. The van der Waals surface area contributed by atoms with Gasteiger partial charge in [0.2, 0.25) is 5.91 Å². The molecule has 2 unspecified atom stereocenters. The molecule has 33 heavy (non-hydrogen) atoms. The minimum Gasteiger partial charge on any atom is -0.425 e. The number of primary amides is 1. The van der Waals surface area contributed by atoms with Crippen molar-refractivity contribution in [1.29, 1.82) is 0 Å². The van der Waals surface area contributed by atoms with E-state index in [0.717, 1.165) is 41.8 Å². The molecule has 2 atom stereocenters. The van der Waals surface area contributed by atoms with Gasteiger partial charge in [0.15, 0.2) is 0 Å². The number of carbonyl (C=O) groups is 2. The van der Waals surface area contributed by atoms with Gasteiger partial charge in [-0.3, -0.25) is 9.78 Å². The highest BCUT2D eigenvalue weighted by molar-refractivity contribution is 5.87. The molecule has 0 saturated heterocycles. The molecule has 0 aliphatic heterocycles. The number of pyridine rings is 1. The Labute approximate surface area is 192 Å². The van der Waals surface area contributed by atoms with Gasteiger partial charge < -0.3 is 20.5 Å². The molecule has 0 spiro atoms. The lowest BCUT2D eigenvalue weighted by Crippen LogP contribution is -2.43. The number of rotatable bonds is 8. The van der Waals surface area contributed by atoms with Crippen LogP contribution in [-0.4, -0.2) is 34.6 Å². The van der Waals surface area contributed by atoms with Crippen molar-refractivity contribution in [2.24, 2.45) is 5.73 Å². The third kappa shape index (κ3) is 5.04. The molecule has 170 valence electrons. The summed E-state index contributed by atoms with van der Waals surface area (Å²) in [4.78, 5) is 30.6. The molecule has 0 fully saturated rings. The summed E-state index contributed by atoms with van der Waals surface area (Å²) in [6, 6.07) is 18.4. The van der Waals surface area contributed by atoms with Crippen LogP contribution in [0.2, 0.25) is 0 Å². The maximum atomic E-state index is 12.8.